The van der Waals surface area contributed by atoms with Crippen LogP contribution in [-0.4, -0.2) is 43.7 Å². The summed E-state index contributed by atoms with van der Waals surface area (Å²) in [5.41, 5.74) is 1.40. The SMILES string of the molecule is CCCC1CNCCN1CC1COc2ccccc21. The third-order valence-electron chi connectivity index (χ3n) is 4.35. The molecular formula is C16H24N2O. The highest BCUT2D eigenvalue weighted by atomic mass is 16.5. The molecule has 3 rings (SSSR count). The van der Waals surface area contributed by atoms with Gasteiger partial charge < -0.3 is 10.1 Å². The van der Waals surface area contributed by atoms with E-state index in [-0.39, 0.29) is 0 Å². The summed E-state index contributed by atoms with van der Waals surface area (Å²) in [7, 11) is 0. The van der Waals surface area contributed by atoms with Gasteiger partial charge in [-0.2, -0.15) is 0 Å². The predicted molar refractivity (Wildman–Crippen MR) is 77.8 cm³/mol. The zero-order valence-electron chi connectivity index (χ0n) is 11.8. The van der Waals surface area contributed by atoms with Crippen LogP contribution in [0.5, 0.6) is 5.75 Å². The first-order valence-electron chi connectivity index (χ1n) is 7.55. The van der Waals surface area contributed by atoms with Crippen LogP contribution in [0.1, 0.15) is 31.2 Å². The number of fused-ring (bicyclic) bond motifs is 1. The molecule has 1 aromatic carbocycles. The summed E-state index contributed by atoms with van der Waals surface area (Å²) in [6, 6.07) is 9.21. The summed E-state index contributed by atoms with van der Waals surface area (Å²) in [5, 5.41) is 3.52. The molecule has 2 atom stereocenters. The van der Waals surface area contributed by atoms with Crippen LogP contribution in [0.15, 0.2) is 24.3 Å². The van der Waals surface area contributed by atoms with E-state index in [2.05, 4.69) is 41.4 Å². The Labute approximate surface area is 115 Å². The largest absolute Gasteiger partial charge is 0.493 e. The van der Waals surface area contributed by atoms with Crippen LogP contribution in [-0.2, 0) is 0 Å². The highest BCUT2D eigenvalue weighted by molar-refractivity contribution is 5.39. The van der Waals surface area contributed by atoms with Gasteiger partial charge in [-0.25, -0.2) is 0 Å². The van der Waals surface area contributed by atoms with Gasteiger partial charge in [-0.3, -0.25) is 4.90 Å². The summed E-state index contributed by atoms with van der Waals surface area (Å²) in [4.78, 5) is 2.66. The Balaban J connectivity index is 1.67. The van der Waals surface area contributed by atoms with Crippen molar-refractivity contribution in [1.29, 1.82) is 0 Å². The van der Waals surface area contributed by atoms with E-state index in [1.54, 1.807) is 0 Å². The first-order valence-corrected chi connectivity index (χ1v) is 7.55. The second-order valence-electron chi connectivity index (χ2n) is 5.69. The average molecular weight is 260 g/mol. The molecule has 104 valence electrons. The number of rotatable bonds is 4. The molecule has 0 spiro atoms. The first-order chi connectivity index (χ1) is 9.38. The fourth-order valence-electron chi connectivity index (χ4n) is 3.32. The molecule has 3 heteroatoms. The summed E-state index contributed by atoms with van der Waals surface area (Å²) in [5.74, 6) is 1.64. The van der Waals surface area contributed by atoms with Crippen molar-refractivity contribution in [3.63, 3.8) is 0 Å². The maximum atomic E-state index is 5.81. The monoisotopic (exact) mass is 260 g/mol. The average Bonchev–Trinajstić information content (AvgIpc) is 2.85. The van der Waals surface area contributed by atoms with Crippen molar-refractivity contribution in [3.8, 4) is 5.75 Å². The van der Waals surface area contributed by atoms with Crippen molar-refractivity contribution in [3.05, 3.63) is 29.8 Å². The normalized spacial score (nSPS) is 27.0. The van der Waals surface area contributed by atoms with Gasteiger partial charge in [0.15, 0.2) is 0 Å². The standard InChI is InChI=1S/C16H24N2O/c1-2-5-14-10-17-8-9-18(14)11-13-12-19-16-7-4-3-6-15(13)16/h3-4,6-7,13-14,17H,2,5,8-12H2,1H3. The van der Waals surface area contributed by atoms with E-state index in [9.17, 15) is 0 Å². The predicted octanol–water partition coefficient (Wildman–Crippen LogP) is 2.24. The van der Waals surface area contributed by atoms with Crippen molar-refractivity contribution in [2.75, 3.05) is 32.8 Å². The topological polar surface area (TPSA) is 24.5 Å². The molecule has 2 aliphatic rings. The number of nitrogens with one attached hydrogen (secondary N) is 1. The Kier molecular flexibility index (Phi) is 4.04. The molecule has 19 heavy (non-hydrogen) atoms. The van der Waals surface area contributed by atoms with Crippen molar-refractivity contribution in [2.24, 2.45) is 0 Å². The lowest BCUT2D eigenvalue weighted by molar-refractivity contribution is 0.137. The molecule has 2 heterocycles. The Hall–Kier alpha value is -1.06. The van der Waals surface area contributed by atoms with Gasteiger partial charge in [0.25, 0.3) is 0 Å². The molecule has 2 aliphatic heterocycles. The molecule has 0 bridgehead atoms. The number of benzene rings is 1. The maximum Gasteiger partial charge on any atom is 0.122 e. The third-order valence-corrected chi connectivity index (χ3v) is 4.35. The summed E-state index contributed by atoms with van der Waals surface area (Å²) < 4.78 is 5.81. The van der Waals surface area contributed by atoms with E-state index < -0.39 is 0 Å². The minimum absolute atomic E-state index is 0.550. The van der Waals surface area contributed by atoms with Crippen LogP contribution < -0.4 is 10.1 Å². The van der Waals surface area contributed by atoms with E-state index >= 15 is 0 Å². The molecule has 0 aromatic heterocycles. The molecule has 1 N–H and O–H groups in total. The second kappa shape index (κ2) is 5.93. The van der Waals surface area contributed by atoms with Crippen molar-refractivity contribution < 1.29 is 4.74 Å². The highest BCUT2D eigenvalue weighted by Crippen LogP contribution is 2.34. The number of piperazine rings is 1. The number of hydrogen-bond donors (Lipinski definition) is 1. The van der Waals surface area contributed by atoms with E-state index in [1.165, 1.54) is 24.9 Å². The van der Waals surface area contributed by atoms with Crippen LogP contribution in [0, 0.1) is 0 Å². The Morgan fingerprint density at radius 2 is 2.26 bits per heavy atom. The Bertz CT molecular complexity index is 419. The van der Waals surface area contributed by atoms with Crippen LogP contribution in [0.25, 0.3) is 0 Å². The lowest BCUT2D eigenvalue weighted by Gasteiger charge is -2.37. The quantitative estimate of drug-likeness (QED) is 0.898. The van der Waals surface area contributed by atoms with Gasteiger partial charge in [0.1, 0.15) is 5.75 Å². The fraction of sp³-hybridized carbons (Fsp3) is 0.625. The molecule has 0 radical (unpaired) electrons. The van der Waals surface area contributed by atoms with Crippen LogP contribution in [0.4, 0.5) is 0 Å². The van der Waals surface area contributed by atoms with Crippen molar-refractivity contribution >= 4 is 0 Å². The third kappa shape index (κ3) is 2.77. The van der Waals surface area contributed by atoms with E-state index in [1.807, 2.05) is 0 Å². The first kappa shape index (κ1) is 12.9. The van der Waals surface area contributed by atoms with Crippen LogP contribution >= 0.6 is 0 Å². The number of hydrogen-bond acceptors (Lipinski definition) is 3. The molecule has 0 amide bonds. The Morgan fingerprint density at radius 1 is 1.37 bits per heavy atom. The van der Waals surface area contributed by atoms with E-state index in [0.717, 1.165) is 32.0 Å². The summed E-state index contributed by atoms with van der Waals surface area (Å²) in [6.45, 7) is 7.70. The van der Waals surface area contributed by atoms with E-state index in [4.69, 9.17) is 4.74 Å². The highest BCUT2D eigenvalue weighted by Gasteiger charge is 2.29. The van der Waals surface area contributed by atoms with Crippen molar-refractivity contribution in [1.82, 2.24) is 10.2 Å². The molecule has 1 aromatic rings. The van der Waals surface area contributed by atoms with E-state index in [0.29, 0.717) is 12.0 Å². The summed E-state index contributed by atoms with van der Waals surface area (Å²) in [6.07, 6.45) is 2.56. The molecule has 2 unspecified atom stereocenters. The lowest BCUT2D eigenvalue weighted by Crippen LogP contribution is -2.52. The maximum absolute atomic E-state index is 5.81. The number of para-hydroxylation sites is 1. The molecule has 0 saturated carbocycles. The Morgan fingerprint density at radius 3 is 3.16 bits per heavy atom. The fourth-order valence-corrected chi connectivity index (χ4v) is 3.32. The van der Waals surface area contributed by atoms with Crippen molar-refractivity contribution in [2.45, 2.75) is 31.7 Å². The van der Waals surface area contributed by atoms with Crippen LogP contribution in [0.2, 0.25) is 0 Å². The summed E-state index contributed by atoms with van der Waals surface area (Å²) >= 11 is 0. The minimum atomic E-state index is 0.550. The molecule has 1 fully saturated rings. The van der Waals surface area contributed by atoms with Gasteiger partial charge in [0, 0.05) is 43.7 Å². The van der Waals surface area contributed by atoms with Gasteiger partial charge in [-0.1, -0.05) is 31.5 Å². The van der Waals surface area contributed by atoms with Gasteiger partial charge in [-0.15, -0.1) is 0 Å². The number of ether oxygens (including phenoxy) is 1. The van der Waals surface area contributed by atoms with Crippen LogP contribution in [0.3, 0.4) is 0 Å². The minimum Gasteiger partial charge on any atom is -0.493 e. The lowest BCUT2D eigenvalue weighted by atomic mass is 9.98. The molecule has 0 aliphatic carbocycles. The van der Waals surface area contributed by atoms with Gasteiger partial charge in [0.2, 0.25) is 0 Å². The zero-order valence-corrected chi connectivity index (χ0v) is 11.8. The molecular weight excluding hydrogens is 236 g/mol. The number of nitrogens with zero attached hydrogens (tertiary/aromatic N) is 1. The van der Waals surface area contributed by atoms with Gasteiger partial charge in [0.05, 0.1) is 6.61 Å². The zero-order chi connectivity index (χ0) is 13.1. The molecule has 1 saturated heterocycles. The molecule has 3 nitrogen and oxygen atoms in total. The smallest absolute Gasteiger partial charge is 0.122 e. The van der Waals surface area contributed by atoms with Gasteiger partial charge >= 0.3 is 0 Å². The van der Waals surface area contributed by atoms with Gasteiger partial charge in [-0.05, 0) is 12.5 Å². The second-order valence-corrected chi connectivity index (χ2v) is 5.69.